The Morgan fingerprint density at radius 2 is 1.21 bits per heavy atom. The van der Waals surface area contributed by atoms with E-state index >= 15 is 0 Å². The minimum absolute atomic E-state index is 0.177. The molecule has 0 amide bonds. The second-order valence-corrected chi connectivity index (χ2v) is 23.6. The standard InChI is InChI=1S/C74H58N2/c1-46-29-39-62-64-26-14-24-58(71(64)76(68(62)41-46)54-19-6-3-7-20-54)49-32-37-56(38-33-49)75(67-28-11-9-22-61(67)63-25-13-18-50-17-12-23-57(70(50)63)48-15-4-2-5-16-48)55-35-30-47(31-36-55)51-34-40-60-59-21-8-10-27-65(59)74(66(60)43-51)69-44-53-42-52-45-73(53,69)72(52)74/h2-40,43,46,52-53,64,69,71-72H,41-42,44-45H2,1H3. The van der Waals surface area contributed by atoms with Gasteiger partial charge in [0.05, 0.1) is 11.7 Å². The van der Waals surface area contributed by atoms with Gasteiger partial charge in [0.1, 0.15) is 0 Å². The van der Waals surface area contributed by atoms with E-state index in [9.17, 15) is 0 Å². The molecule has 18 rings (SSSR count). The largest absolute Gasteiger partial charge is 0.336 e. The van der Waals surface area contributed by atoms with Crippen LogP contribution >= 0.6 is 0 Å². The van der Waals surface area contributed by atoms with Gasteiger partial charge < -0.3 is 9.80 Å². The minimum Gasteiger partial charge on any atom is -0.336 e. The average Bonchev–Trinajstić information content (AvgIpc) is 3.91. The van der Waals surface area contributed by atoms with Crippen molar-refractivity contribution < 1.29 is 0 Å². The third-order valence-corrected chi connectivity index (χ3v) is 20.4. The quantitative estimate of drug-likeness (QED) is 0.150. The van der Waals surface area contributed by atoms with E-state index in [1.807, 2.05) is 0 Å². The number of hydrogen-bond acceptors (Lipinski definition) is 2. The first-order valence-corrected chi connectivity index (χ1v) is 28.1. The highest BCUT2D eigenvalue weighted by atomic mass is 15.2. The normalized spacial score (nSPS) is 27.2. The van der Waals surface area contributed by atoms with Gasteiger partial charge in [-0.15, -0.1) is 0 Å². The topological polar surface area (TPSA) is 6.48 Å². The first-order chi connectivity index (χ1) is 37.6. The molecule has 2 heteroatoms. The van der Waals surface area contributed by atoms with Crippen LogP contribution in [0, 0.1) is 40.9 Å². The molecule has 9 aliphatic rings. The molecule has 2 nitrogen and oxygen atoms in total. The highest BCUT2D eigenvalue weighted by Gasteiger charge is 2.89. The fourth-order valence-corrected chi connectivity index (χ4v) is 17.6. The number of anilines is 4. The summed E-state index contributed by atoms with van der Waals surface area (Å²) < 4.78 is 0. The predicted octanol–water partition coefficient (Wildman–Crippen LogP) is 18.6. The summed E-state index contributed by atoms with van der Waals surface area (Å²) in [4.78, 5) is 5.16. The van der Waals surface area contributed by atoms with Gasteiger partial charge in [-0.3, -0.25) is 0 Å². The van der Waals surface area contributed by atoms with Crippen LogP contribution in [-0.4, -0.2) is 6.04 Å². The van der Waals surface area contributed by atoms with Gasteiger partial charge in [-0.05, 0) is 187 Å². The van der Waals surface area contributed by atoms with Crippen molar-refractivity contribution in [2.45, 2.75) is 44.1 Å². The summed E-state index contributed by atoms with van der Waals surface area (Å²) in [5.74, 6) is 4.30. The lowest BCUT2D eigenvalue weighted by Gasteiger charge is -2.80. The Bertz CT molecular complexity index is 4000. The van der Waals surface area contributed by atoms with E-state index in [0.29, 0.717) is 11.3 Å². The Morgan fingerprint density at radius 1 is 0.539 bits per heavy atom. The summed E-state index contributed by atoms with van der Waals surface area (Å²) in [6.45, 7) is 2.35. The van der Waals surface area contributed by atoms with Crippen LogP contribution in [0.3, 0.4) is 0 Å². The molecule has 8 aliphatic carbocycles. The Morgan fingerprint density at radius 3 is 2.00 bits per heavy atom. The lowest BCUT2D eigenvalue weighted by molar-refractivity contribution is -0.279. The summed E-state index contributed by atoms with van der Waals surface area (Å²) in [5.41, 5.74) is 24.7. The van der Waals surface area contributed by atoms with Crippen molar-refractivity contribution in [3.63, 3.8) is 0 Å². The van der Waals surface area contributed by atoms with Crippen LogP contribution in [0.15, 0.2) is 254 Å². The molecule has 0 N–H and O–H groups in total. The van der Waals surface area contributed by atoms with E-state index in [-0.39, 0.29) is 17.4 Å². The van der Waals surface area contributed by atoms with Crippen molar-refractivity contribution in [3.8, 4) is 44.5 Å². The third-order valence-electron chi connectivity index (χ3n) is 20.4. The van der Waals surface area contributed by atoms with Gasteiger partial charge in [0.25, 0.3) is 0 Å². The lowest BCUT2D eigenvalue weighted by Crippen LogP contribution is -2.78. The molecule has 1 aliphatic heterocycles. The Balaban J connectivity index is 0.788. The third kappa shape index (κ3) is 5.67. The minimum atomic E-state index is 0.177. The first kappa shape index (κ1) is 43.1. The zero-order valence-corrected chi connectivity index (χ0v) is 42.9. The molecule has 76 heavy (non-hydrogen) atoms. The van der Waals surface area contributed by atoms with E-state index in [1.165, 1.54) is 103 Å². The maximum absolute atomic E-state index is 2.66. The molecule has 9 unspecified atom stereocenters. The molecule has 9 aromatic rings. The Kier molecular flexibility index (Phi) is 9.02. The van der Waals surface area contributed by atoms with Gasteiger partial charge >= 0.3 is 0 Å². The van der Waals surface area contributed by atoms with Crippen molar-refractivity contribution in [2.75, 3.05) is 9.80 Å². The highest BCUT2D eigenvalue weighted by molar-refractivity contribution is 6.09. The summed E-state index contributed by atoms with van der Waals surface area (Å²) >= 11 is 0. The molecule has 2 bridgehead atoms. The second-order valence-electron chi connectivity index (χ2n) is 23.6. The lowest BCUT2D eigenvalue weighted by atomic mass is 9.22. The van der Waals surface area contributed by atoms with E-state index < -0.39 is 0 Å². The number of allylic oxidation sites excluding steroid dienone is 5. The van der Waals surface area contributed by atoms with E-state index in [0.717, 1.165) is 47.2 Å². The van der Waals surface area contributed by atoms with Gasteiger partial charge in [0, 0.05) is 39.7 Å². The number of nitrogens with zero attached hydrogens (tertiary/aromatic N) is 2. The van der Waals surface area contributed by atoms with E-state index in [1.54, 1.807) is 11.1 Å². The van der Waals surface area contributed by atoms with Crippen LogP contribution in [0.25, 0.3) is 60.9 Å². The van der Waals surface area contributed by atoms with Gasteiger partial charge in [-0.2, -0.15) is 0 Å². The summed E-state index contributed by atoms with van der Waals surface area (Å²) in [7, 11) is 0. The van der Waals surface area contributed by atoms with Crippen LogP contribution in [0.4, 0.5) is 22.7 Å². The highest BCUT2D eigenvalue weighted by Crippen LogP contribution is 2.94. The number of rotatable bonds is 8. The monoisotopic (exact) mass is 974 g/mol. The maximum Gasteiger partial charge on any atom is 0.0698 e. The van der Waals surface area contributed by atoms with Gasteiger partial charge in [-0.25, -0.2) is 0 Å². The zero-order chi connectivity index (χ0) is 49.9. The van der Waals surface area contributed by atoms with Crippen LogP contribution in [0.2, 0.25) is 0 Å². The van der Waals surface area contributed by atoms with E-state index in [4.69, 9.17) is 0 Å². The van der Waals surface area contributed by atoms with Crippen LogP contribution < -0.4 is 9.80 Å². The molecule has 5 fully saturated rings. The number of benzene rings is 9. The Labute approximate surface area is 446 Å². The smallest absolute Gasteiger partial charge is 0.0698 e. The molecule has 9 aromatic carbocycles. The predicted molar refractivity (Wildman–Crippen MR) is 315 cm³/mol. The van der Waals surface area contributed by atoms with Crippen molar-refractivity contribution in [1.29, 1.82) is 0 Å². The zero-order valence-electron chi connectivity index (χ0n) is 42.9. The van der Waals surface area contributed by atoms with Crippen molar-refractivity contribution in [3.05, 3.63) is 271 Å². The molecule has 0 aromatic heterocycles. The maximum atomic E-state index is 2.66. The molecular formula is C74H58N2. The Hall–Kier alpha value is -8.20. The fraction of sp³-hybridized carbons (Fsp3) is 0.189. The van der Waals surface area contributed by atoms with Gasteiger partial charge in [0.15, 0.2) is 0 Å². The summed E-state index contributed by atoms with van der Waals surface area (Å²) in [6, 6.07) is 80.8. The van der Waals surface area contributed by atoms with Crippen LogP contribution in [0.5, 0.6) is 0 Å². The van der Waals surface area contributed by atoms with Crippen molar-refractivity contribution >= 4 is 39.1 Å². The van der Waals surface area contributed by atoms with Crippen LogP contribution in [-0.2, 0) is 5.41 Å². The molecule has 9 atom stereocenters. The molecular weight excluding hydrogens is 917 g/mol. The summed E-state index contributed by atoms with van der Waals surface area (Å²) in [5, 5.41) is 2.50. The molecule has 5 saturated carbocycles. The first-order valence-electron chi connectivity index (χ1n) is 28.1. The SMILES string of the molecule is CC1C=CC2=C(C1)N(c1ccccc1)C1C(c3ccc(N(c4ccc(-c5ccc6c(c5)C5(c7ccccc7-6)C6CC7CC8CC76C85)cc4)c4ccccc4-c4cccc5cccc(-c6ccccc6)c45)cc3)=CC=CC21. The fourth-order valence-electron chi connectivity index (χ4n) is 17.6. The molecule has 364 valence electrons. The number of fused-ring (bicyclic) bond motifs is 9. The molecule has 0 radical (unpaired) electrons. The van der Waals surface area contributed by atoms with Gasteiger partial charge in [0.2, 0.25) is 0 Å². The summed E-state index contributed by atoms with van der Waals surface area (Å²) in [6.07, 6.45) is 17.4. The number of para-hydroxylation sites is 2. The molecule has 2 spiro atoms. The van der Waals surface area contributed by atoms with Gasteiger partial charge in [-0.1, -0.05) is 201 Å². The average molecular weight is 975 g/mol. The molecule has 0 saturated heterocycles. The van der Waals surface area contributed by atoms with Crippen molar-refractivity contribution in [1.82, 2.24) is 0 Å². The van der Waals surface area contributed by atoms with Crippen LogP contribution in [0.1, 0.15) is 49.3 Å². The molecule has 1 heterocycles. The number of hydrogen-bond donors (Lipinski definition) is 0. The van der Waals surface area contributed by atoms with E-state index in [2.05, 4.69) is 259 Å². The second kappa shape index (κ2) is 15.9. The van der Waals surface area contributed by atoms with Crippen molar-refractivity contribution in [2.24, 2.45) is 40.9 Å².